The summed E-state index contributed by atoms with van der Waals surface area (Å²) in [5.41, 5.74) is 0.552. The molecule has 110 valence electrons. The highest BCUT2D eigenvalue weighted by Crippen LogP contribution is 2.36. The number of ether oxygens (including phenoxy) is 2. The van der Waals surface area contributed by atoms with Gasteiger partial charge in [0.2, 0.25) is 0 Å². The van der Waals surface area contributed by atoms with Gasteiger partial charge in [0, 0.05) is 12.6 Å². The molecule has 4 nitrogen and oxygen atoms in total. The Hall–Kier alpha value is -1.25. The average Bonchev–Trinajstić information content (AvgIpc) is 2.45. The van der Waals surface area contributed by atoms with Gasteiger partial charge < -0.3 is 14.4 Å². The van der Waals surface area contributed by atoms with Crippen molar-refractivity contribution in [1.82, 2.24) is 4.90 Å². The van der Waals surface area contributed by atoms with Crippen LogP contribution in [0, 0.1) is 11.3 Å². The van der Waals surface area contributed by atoms with Crippen LogP contribution in [-0.4, -0.2) is 37.7 Å². The van der Waals surface area contributed by atoms with Crippen LogP contribution in [0.15, 0.2) is 16.6 Å². The first-order chi connectivity index (χ1) is 9.65. The lowest BCUT2D eigenvalue weighted by atomic mass is 10.2. The zero-order valence-corrected chi connectivity index (χ0v) is 13.9. The van der Waals surface area contributed by atoms with Crippen LogP contribution in [0.1, 0.15) is 26.3 Å². The third-order valence-electron chi connectivity index (χ3n) is 2.99. The SMILES string of the molecule is CCOc1cc(C#N)cc(Br)c1OCCN(CC)CC. The van der Waals surface area contributed by atoms with Gasteiger partial charge in [-0.1, -0.05) is 13.8 Å². The first kappa shape index (κ1) is 16.8. The largest absolute Gasteiger partial charge is 0.490 e. The minimum Gasteiger partial charge on any atom is -0.490 e. The molecule has 1 rings (SSSR count). The van der Waals surface area contributed by atoms with Crippen molar-refractivity contribution >= 4 is 15.9 Å². The molecule has 0 atom stereocenters. The van der Waals surface area contributed by atoms with Crippen LogP contribution in [-0.2, 0) is 0 Å². The molecule has 0 aliphatic heterocycles. The minimum absolute atomic E-state index is 0.535. The molecule has 20 heavy (non-hydrogen) atoms. The smallest absolute Gasteiger partial charge is 0.175 e. The van der Waals surface area contributed by atoms with Gasteiger partial charge in [-0.3, -0.25) is 0 Å². The summed E-state index contributed by atoms with van der Waals surface area (Å²) >= 11 is 3.44. The van der Waals surface area contributed by atoms with Crippen LogP contribution in [0.3, 0.4) is 0 Å². The monoisotopic (exact) mass is 340 g/mol. The number of hydrogen-bond donors (Lipinski definition) is 0. The molecule has 0 aliphatic carbocycles. The Balaban J connectivity index is 2.80. The highest BCUT2D eigenvalue weighted by molar-refractivity contribution is 9.10. The summed E-state index contributed by atoms with van der Waals surface area (Å²) in [6.07, 6.45) is 0. The van der Waals surface area contributed by atoms with E-state index in [1.54, 1.807) is 12.1 Å². The number of nitrogens with zero attached hydrogens (tertiary/aromatic N) is 2. The molecule has 0 aromatic heterocycles. The van der Waals surface area contributed by atoms with E-state index < -0.39 is 0 Å². The van der Waals surface area contributed by atoms with E-state index >= 15 is 0 Å². The zero-order valence-electron chi connectivity index (χ0n) is 12.3. The third-order valence-corrected chi connectivity index (χ3v) is 3.58. The maximum atomic E-state index is 8.98. The van der Waals surface area contributed by atoms with E-state index in [-0.39, 0.29) is 0 Å². The fraction of sp³-hybridized carbons (Fsp3) is 0.533. The maximum absolute atomic E-state index is 8.98. The molecule has 0 bridgehead atoms. The van der Waals surface area contributed by atoms with Crippen molar-refractivity contribution in [3.05, 3.63) is 22.2 Å². The Morgan fingerprint density at radius 2 is 1.90 bits per heavy atom. The lowest BCUT2D eigenvalue weighted by Gasteiger charge is -2.19. The second-order valence-corrected chi connectivity index (χ2v) is 5.06. The van der Waals surface area contributed by atoms with Gasteiger partial charge in [0.25, 0.3) is 0 Å². The molecule has 0 saturated heterocycles. The number of halogens is 1. The normalized spacial score (nSPS) is 10.4. The molecule has 1 aromatic rings. The van der Waals surface area contributed by atoms with Gasteiger partial charge in [0.05, 0.1) is 22.7 Å². The van der Waals surface area contributed by atoms with Crippen LogP contribution >= 0.6 is 15.9 Å². The van der Waals surface area contributed by atoms with Crippen molar-refractivity contribution in [3.63, 3.8) is 0 Å². The highest BCUT2D eigenvalue weighted by Gasteiger charge is 2.12. The van der Waals surface area contributed by atoms with Crippen molar-refractivity contribution in [2.45, 2.75) is 20.8 Å². The van der Waals surface area contributed by atoms with Crippen LogP contribution in [0.4, 0.5) is 0 Å². The van der Waals surface area contributed by atoms with Gasteiger partial charge in [-0.25, -0.2) is 0 Å². The molecular weight excluding hydrogens is 320 g/mol. The molecule has 0 saturated carbocycles. The molecule has 5 heteroatoms. The molecule has 0 aliphatic rings. The summed E-state index contributed by atoms with van der Waals surface area (Å²) in [5, 5.41) is 8.98. The van der Waals surface area contributed by atoms with Gasteiger partial charge >= 0.3 is 0 Å². The minimum atomic E-state index is 0.535. The molecule has 0 fully saturated rings. The summed E-state index contributed by atoms with van der Waals surface area (Å²) in [4.78, 5) is 2.29. The number of likely N-dealkylation sites (N-methyl/N-ethyl adjacent to an activating group) is 1. The summed E-state index contributed by atoms with van der Waals surface area (Å²) in [5.74, 6) is 1.27. The van der Waals surface area contributed by atoms with Gasteiger partial charge in [-0.05, 0) is 42.0 Å². The van der Waals surface area contributed by atoms with Crippen molar-refractivity contribution in [1.29, 1.82) is 5.26 Å². The van der Waals surface area contributed by atoms with Crippen molar-refractivity contribution in [2.75, 3.05) is 32.8 Å². The number of nitriles is 1. The van der Waals surface area contributed by atoms with Gasteiger partial charge in [0.15, 0.2) is 11.5 Å². The Morgan fingerprint density at radius 3 is 2.45 bits per heavy atom. The van der Waals surface area contributed by atoms with Crippen LogP contribution in [0.2, 0.25) is 0 Å². The van der Waals surface area contributed by atoms with E-state index in [1.165, 1.54) is 0 Å². The Bertz CT molecular complexity index is 468. The molecule has 0 amide bonds. The molecule has 1 aromatic carbocycles. The van der Waals surface area contributed by atoms with E-state index in [4.69, 9.17) is 14.7 Å². The van der Waals surface area contributed by atoms with Gasteiger partial charge in [-0.15, -0.1) is 0 Å². The summed E-state index contributed by atoms with van der Waals surface area (Å²) in [7, 11) is 0. The van der Waals surface area contributed by atoms with Gasteiger partial charge in [0.1, 0.15) is 6.61 Å². The van der Waals surface area contributed by atoms with Crippen molar-refractivity contribution < 1.29 is 9.47 Å². The summed E-state index contributed by atoms with van der Waals surface area (Å²) < 4.78 is 12.1. The molecule has 0 radical (unpaired) electrons. The lowest BCUT2D eigenvalue weighted by molar-refractivity contribution is 0.213. The van der Waals surface area contributed by atoms with Gasteiger partial charge in [-0.2, -0.15) is 5.26 Å². The standard InChI is InChI=1S/C15H21BrN2O2/c1-4-18(5-2)7-8-20-15-13(16)9-12(11-17)10-14(15)19-6-3/h9-10H,4-8H2,1-3H3. The fourth-order valence-corrected chi connectivity index (χ4v) is 2.41. The third kappa shape index (κ3) is 4.69. The number of rotatable bonds is 8. The maximum Gasteiger partial charge on any atom is 0.175 e. The van der Waals surface area contributed by atoms with E-state index in [2.05, 4.69) is 40.7 Å². The Morgan fingerprint density at radius 1 is 1.20 bits per heavy atom. The molecule has 0 spiro atoms. The summed E-state index contributed by atoms with van der Waals surface area (Å²) in [6.45, 7) is 10.2. The second-order valence-electron chi connectivity index (χ2n) is 4.21. The lowest BCUT2D eigenvalue weighted by Crippen LogP contribution is -2.28. The molecule has 0 unspecified atom stereocenters. The topological polar surface area (TPSA) is 45.5 Å². The van der Waals surface area contributed by atoms with Crippen LogP contribution in [0.5, 0.6) is 11.5 Å². The van der Waals surface area contributed by atoms with E-state index in [9.17, 15) is 0 Å². The number of hydrogen-bond acceptors (Lipinski definition) is 4. The predicted molar refractivity (Wildman–Crippen MR) is 83.3 cm³/mol. The molecule has 0 N–H and O–H groups in total. The highest BCUT2D eigenvalue weighted by atomic mass is 79.9. The van der Waals surface area contributed by atoms with E-state index in [0.717, 1.165) is 24.1 Å². The van der Waals surface area contributed by atoms with Crippen molar-refractivity contribution in [3.8, 4) is 17.6 Å². The number of benzene rings is 1. The fourth-order valence-electron chi connectivity index (χ4n) is 1.85. The van der Waals surface area contributed by atoms with E-state index in [0.29, 0.717) is 30.3 Å². The molecular formula is C15H21BrN2O2. The van der Waals surface area contributed by atoms with E-state index in [1.807, 2.05) is 6.92 Å². The second kappa shape index (κ2) is 8.83. The molecule has 0 heterocycles. The first-order valence-corrected chi connectivity index (χ1v) is 7.67. The first-order valence-electron chi connectivity index (χ1n) is 6.87. The predicted octanol–water partition coefficient (Wildman–Crippen LogP) is 3.44. The Kier molecular flexibility index (Phi) is 7.42. The van der Waals surface area contributed by atoms with Crippen molar-refractivity contribution in [2.24, 2.45) is 0 Å². The average molecular weight is 341 g/mol. The zero-order chi connectivity index (χ0) is 15.0. The summed E-state index contributed by atoms with van der Waals surface area (Å²) in [6, 6.07) is 5.57. The quantitative estimate of drug-likeness (QED) is 0.727. The van der Waals surface area contributed by atoms with Crippen LogP contribution < -0.4 is 9.47 Å². The Labute approximate surface area is 129 Å². The van der Waals surface area contributed by atoms with Crippen LogP contribution in [0.25, 0.3) is 0 Å².